The van der Waals surface area contributed by atoms with E-state index in [0.717, 1.165) is 55.7 Å². The van der Waals surface area contributed by atoms with Gasteiger partial charge in [-0.25, -0.2) is 0 Å². The average molecular weight is 534 g/mol. The van der Waals surface area contributed by atoms with Crippen molar-refractivity contribution in [3.05, 3.63) is 23.8 Å². The highest BCUT2D eigenvalue weighted by Gasteiger charge is 2.22. The minimum atomic E-state index is -0.491. The Morgan fingerprint density at radius 1 is 1.13 bits per heavy atom. The van der Waals surface area contributed by atoms with Gasteiger partial charge in [-0.1, -0.05) is 0 Å². The van der Waals surface area contributed by atoms with Crippen LogP contribution in [0, 0.1) is 0 Å². The summed E-state index contributed by atoms with van der Waals surface area (Å²) in [5.74, 6) is 2.12. The molecule has 1 N–H and O–H groups in total. The Morgan fingerprint density at radius 3 is 2.33 bits per heavy atom. The molecular weight excluding hydrogens is 499 g/mol. The zero-order valence-corrected chi connectivity index (χ0v) is 21.2. The van der Waals surface area contributed by atoms with Crippen LogP contribution in [0.15, 0.2) is 23.2 Å². The van der Waals surface area contributed by atoms with Crippen LogP contribution in [0.1, 0.15) is 26.3 Å². The zero-order valence-electron chi connectivity index (χ0n) is 18.9. The zero-order chi connectivity index (χ0) is 21.4. The van der Waals surface area contributed by atoms with Crippen LogP contribution in [-0.2, 0) is 16.1 Å². The van der Waals surface area contributed by atoms with Crippen LogP contribution in [0.5, 0.6) is 11.5 Å². The molecule has 0 bridgehead atoms. The lowest BCUT2D eigenvalue weighted by Crippen LogP contribution is -2.53. The first-order valence-electron chi connectivity index (χ1n) is 9.86. The molecule has 0 unspecified atom stereocenters. The number of methoxy groups -OCH3 is 2. The molecule has 0 aromatic heterocycles. The summed E-state index contributed by atoms with van der Waals surface area (Å²) in [6.45, 7) is 9.87. The summed E-state index contributed by atoms with van der Waals surface area (Å²) in [5.41, 5.74) is 0.613. The second-order valence-corrected chi connectivity index (χ2v) is 7.93. The standard InChI is InChI=1S/C21H34N4O4.HI/c1-21(2,3)29-19(26)14-23-20(22-4)25-11-9-24(10-12-25)15-16-13-17(27-5)7-8-18(16)28-6;/h7-8,13H,9-12,14-15H2,1-6H3,(H,22,23);1H. The van der Waals surface area contributed by atoms with Crippen LogP contribution in [0.4, 0.5) is 0 Å². The van der Waals surface area contributed by atoms with Gasteiger partial charge in [0.25, 0.3) is 0 Å². The van der Waals surface area contributed by atoms with Gasteiger partial charge in [0, 0.05) is 45.3 Å². The number of hydrogen-bond donors (Lipinski definition) is 1. The van der Waals surface area contributed by atoms with Gasteiger partial charge in [0.15, 0.2) is 5.96 Å². The van der Waals surface area contributed by atoms with Gasteiger partial charge < -0.3 is 24.4 Å². The maximum atomic E-state index is 11.9. The molecule has 1 aliphatic rings. The van der Waals surface area contributed by atoms with Crippen LogP contribution in [-0.4, -0.2) is 81.3 Å². The van der Waals surface area contributed by atoms with E-state index in [2.05, 4.69) is 20.1 Å². The molecule has 0 radical (unpaired) electrons. The average Bonchev–Trinajstić information content (AvgIpc) is 2.68. The highest BCUT2D eigenvalue weighted by atomic mass is 127. The number of benzene rings is 1. The molecule has 0 atom stereocenters. The third-order valence-corrected chi connectivity index (χ3v) is 4.58. The Balaban J connectivity index is 0.00000450. The van der Waals surface area contributed by atoms with Crippen LogP contribution in [0.25, 0.3) is 0 Å². The summed E-state index contributed by atoms with van der Waals surface area (Å²) in [5, 5.41) is 3.11. The summed E-state index contributed by atoms with van der Waals surface area (Å²) >= 11 is 0. The van der Waals surface area contributed by atoms with E-state index in [4.69, 9.17) is 14.2 Å². The van der Waals surface area contributed by atoms with Crippen molar-refractivity contribution in [3.8, 4) is 11.5 Å². The van der Waals surface area contributed by atoms with E-state index in [9.17, 15) is 4.79 Å². The van der Waals surface area contributed by atoms with Crippen LogP contribution in [0.2, 0.25) is 0 Å². The van der Waals surface area contributed by atoms with Gasteiger partial charge in [-0.05, 0) is 39.0 Å². The highest BCUT2D eigenvalue weighted by Crippen LogP contribution is 2.25. The van der Waals surface area contributed by atoms with E-state index in [1.54, 1.807) is 21.3 Å². The number of piperazine rings is 1. The lowest BCUT2D eigenvalue weighted by molar-refractivity contribution is -0.153. The first-order valence-corrected chi connectivity index (χ1v) is 9.86. The number of guanidine groups is 1. The van der Waals surface area contributed by atoms with E-state index < -0.39 is 5.60 Å². The van der Waals surface area contributed by atoms with Crippen molar-refractivity contribution in [2.45, 2.75) is 32.9 Å². The number of esters is 1. The molecule has 1 aromatic rings. The Labute approximate surface area is 197 Å². The number of hydrogen-bond acceptors (Lipinski definition) is 6. The number of carbonyl (C=O) groups excluding carboxylic acids is 1. The lowest BCUT2D eigenvalue weighted by Gasteiger charge is -2.36. The molecule has 1 fully saturated rings. The van der Waals surface area contributed by atoms with Crippen molar-refractivity contribution in [1.29, 1.82) is 0 Å². The fraction of sp³-hybridized carbons (Fsp3) is 0.619. The second-order valence-electron chi connectivity index (χ2n) is 7.93. The predicted octanol–water partition coefficient (Wildman–Crippen LogP) is 2.36. The molecule has 2 rings (SSSR count). The maximum absolute atomic E-state index is 11.9. The van der Waals surface area contributed by atoms with E-state index in [0.29, 0.717) is 0 Å². The van der Waals surface area contributed by atoms with Crippen molar-refractivity contribution in [1.82, 2.24) is 15.1 Å². The lowest BCUT2D eigenvalue weighted by atomic mass is 10.1. The minimum Gasteiger partial charge on any atom is -0.497 e. The topological polar surface area (TPSA) is 75.6 Å². The third-order valence-electron chi connectivity index (χ3n) is 4.58. The number of carbonyl (C=O) groups is 1. The molecule has 0 aliphatic carbocycles. The summed E-state index contributed by atoms with van der Waals surface area (Å²) < 4.78 is 16.2. The Bertz CT molecular complexity index is 713. The van der Waals surface area contributed by atoms with Gasteiger partial charge in [-0.3, -0.25) is 14.7 Å². The molecule has 170 valence electrons. The third kappa shape index (κ3) is 8.17. The fourth-order valence-corrected chi connectivity index (χ4v) is 3.23. The van der Waals surface area contributed by atoms with Crippen LogP contribution < -0.4 is 14.8 Å². The molecule has 1 saturated heterocycles. The van der Waals surface area contributed by atoms with E-state index in [-0.39, 0.29) is 36.5 Å². The summed E-state index contributed by atoms with van der Waals surface area (Å²) in [7, 11) is 5.08. The Morgan fingerprint density at radius 2 is 1.80 bits per heavy atom. The highest BCUT2D eigenvalue weighted by molar-refractivity contribution is 14.0. The molecular formula is C21H35IN4O4. The quantitative estimate of drug-likeness (QED) is 0.260. The smallest absolute Gasteiger partial charge is 0.325 e. The predicted molar refractivity (Wildman–Crippen MR) is 129 cm³/mol. The fourth-order valence-electron chi connectivity index (χ4n) is 3.23. The van der Waals surface area contributed by atoms with Gasteiger partial charge in [0.1, 0.15) is 23.6 Å². The molecule has 0 amide bonds. The van der Waals surface area contributed by atoms with Crippen molar-refractivity contribution >= 4 is 35.9 Å². The summed E-state index contributed by atoms with van der Waals surface area (Å²) in [6, 6.07) is 5.86. The Hall–Kier alpha value is -1.75. The number of halogens is 1. The van der Waals surface area contributed by atoms with Crippen molar-refractivity contribution in [2.24, 2.45) is 4.99 Å². The summed E-state index contributed by atoms with van der Waals surface area (Å²) in [6.07, 6.45) is 0. The monoisotopic (exact) mass is 534 g/mol. The van der Waals surface area contributed by atoms with E-state index in [1.165, 1.54) is 0 Å². The van der Waals surface area contributed by atoms with Crippen molar-refractivity contribution in [3.63, 3.8) is 0 Å². The molecule has 30 heavy (non-hydrogen) atoms. The number of rotatable bonds is 6. The van der Waals surface area contributed by atoms with Crippen molar-refractivity contribution in [2.75, 3.05) is 54.0 Å². The molecule has 9 heteroatoms. The molecule has 0 spiro atoms. The minimum absolute atomic E-state index is 0. The van der Waals surface area contributed by atoms with E-state index in [1.807, 2.05) is 39.0 Å². The number of nitrogens with one attached hydrogen (secondary N) is 1. The van der Waals surface area contributed by atoms with E-state index >= 15 is 0 Å². The van der Waals surface area contributed by atoms with Gasteiger partial charge >= 0.3 is 5.97 Å². The van der Waals surface area contributed by atoms with Gasteiger partial charge in [-0.2, -0.15) is 0 Å². The van der Waals surface area contributed by atoms with Gasteiger partial charge in [0.2, 0.25) is 0 Å². The largest absolute Gasteiger partial charge is 0.497 e. The second kappa shape index (κ2) is 12.2. The normalized spacial score (nSPS) is 15.3. The molecule has 1 heterocycles. The molecule has 1 aromatic carbocycles. The molecule has 8 nitrogen and oxygen atoms in total. The molecule has 1 aliphatic heterocycles. The number of ether oxygens (including phenoxy) is 3. The first kappa shape index (κ1) is 26.3. The van der Waals surface area contributed by atoms with Gasteiger partial charge in [-0.15, -0.1) is 24.0 Å². The first-order chi connectivity index (χ1) is 13.8. The Kier molecular flexibility index (Phi) is 10.7. The molecule has 0 saturated carbocycles. The van der Waals surface area contributed by atoms with Crippen LogP contribution in [0.3, 0.4) is 0 Å². The maximum Gasteiger partial charge on any atom is 0.325 e. The number of nitrogens with zero attached hydrogens (tertiary/aromatic N) is 3. The van der Waals surface area contributed by atoms with Gasteiger partial charge in [0.05, 0.1) is 14.2 Å². The van der Waals surface area contributed by atoms with Crippen molar-refractivity contribution < 1.29 is 19.0 Å². The summed E-state index contributed by atoms with van der Waals surface area (Å²) in [4.78, 5) is 20.8. The SMILES string of the molecule is CN=C(NCC(=O)OC(C)(C)C)N1CCN(Cc2cc(OC)ccc2OC)CC1.I. The van der Waals surface area contributed by atoms with Crippen LogP contribution >= 0.6 is 24.0 Å². The number of aliphatic imine (C=N–C) groups is 1.